The van der Waals surface area contributed by atoms with E-state index < -0.39 is 0 Å². The van der Waals surface area contributed by atoms with Gasteiger partial charge in [-0.05, 0) is 52.0 Å². The molecule has 1 saturated carbocycles. The van der Waals surface area contributed by atoms with Gasteiger partial charge in [-0.1, -0.05) is 13.3 Å². The van der Waals surface area contributed by atoms with Crippen molar-refractivity contribution in [2.24, 2.45) is 5.92 Å². The second kappa shape index (κ2) is 6.49. The van der Waals surface area contributed by atoms with Crippen molar-refractivity contribution in [1.29, 1.82) is 0 Å². The Morgan fingerprint density at radius 3 is 2.33 bits per heavy atom. The molecule has 1 aliphatic carbocycles. The first-order chi connectivity index (χ1) is 7.13. The van der Waals surface area contributed by atoms with Gasteiger partial charge < -0.3 is 10.0 Å². The molecule has 90 valence electrons. The zero-order valence-electron chi connectivity index (χ0n) is 10.6. The van der Waals surface area contributed by atoms with E-state index in [0.29, 0.717) is 0 Å². The summed E-state index contributed by atoms with van der Waals surface area (Å²) in [4.78, 5) is 2.44. The molecule has 0 aromatic rings. The first-order valence-corrected chi connectivity index (χ1v) is 6.51. The van der Waals surface area contributed by atoms with Gasteiger partial charge >= 0.3 is 0 Å². The smallest absolute Gasteiger partial charge is 0.0524 e. The molecule has 15 heavy (non-hydrogen) atoms. The van der Waals surface area contributed by atoms with Crippen LogP contribution < -0.4 is 0 Å². The Kier molecular flexibility index (Phi) is 5.62. The maximum Gasteiger partial charge on any atom is 0.0524 e. The Balaban J connectivity index is 2.20. The zero-order chi connectivity index (χ0) is 11.3. The molecular formula is C13H27NO. The lowest BCUT2D eigenvalue weighted by Gasteiger charge is -2.34. The van der Waals surface area contributed by atoms with Crippen LogP contribution in [-0.2, 0) is 0 Å². The predicted molar refractivity (Wildman–Crippen MR) is 65.0 cm³/mol. The minimum atomic E-state index is -0.153. The van der Waals surface area contributed by atoms with E-state index in [0.717, 1.165) is 24.9 Å². The minimum Gasteiger partial charge on any atom is -0.393 e. The topological polar surface area (TPSA) is 23.5 Å². The number of rotatable bonds is 5. The highest BCUT2D eigenvalue weighted by molar-refractivity contribution is 4.77. The summed E-state index contributed by atoms with van der Waals surface area (Å²) in [6, 6.07) is 0.770. The molecule has 1 unspecified atom stereocenters. The largest absolute Gasteiger partial charge is 0.393 e. The molecule has 1 aliphatic rings. The van der Waals surface area contributed by atoms with E-state index in [2.05, 4.69) is 18.9 Å². The molecule has 2 heteroatoms. The summed E-state index contributed by atoms with van der Waals surface area (Å²) < 4.78 is 0. The Hall–Kier alpha value is -0.0800. The van der Waals surface area contributed by atoms with Crippen molar-refractivity contribution >= 4 is 0 Å². The monoisotopic (exact) mass is 213 g/mol. The maximum atomic E-state index is 9.25. The number of hydrogen-bond acceptors (Lipinski definition) is 2. The predicted octanol–water partition coefficient (Wildman–Crippen LogP) is 2.66. The van der Waals surface area contributed by atoms with E-state index >= 15 is 0 Å². The van der Waals surface area contributed by atoms with Crippen molar-refractivity contribution in [2.75, 3.05) is 13.6 Å². The fourth-order valence-corrected chi connectivity index (χ4v) is 2.57. The second-order valence-electron chi connectivity index (χ2n) is 5.20. The van der Waals surface area contributed by atoms with E-state index in [1.165, 1.54) is 32.1 Å². The lowest BCUT2D eigenvalue weighted by Crippen LogP contribution is -2.36. The van der Waals surface area contributed by atoms with E-state index in [-0.39, 0.29) is 6.10 Å². The van der Waals surface area contributed by atoms with E-state index in [4.69, 9.17) is 0 Å². The molecule has 0 spiro atoms. The summed E-state index contributed by atoms with van der Waals surface area (Å²) in [5.41, 5.74) is 0. The van der Waals surface area contributed by atoms with Gasteiger partial charge in [0.1, 0.15) is 0 Å². The second-order valence-corrected chi connectivity index (χ2v) is 5.20. The van der Waals surface area contributed by atoms with Crippen molar-refractivity contribution in [1.82, 2.24) is 4.90 Å². The highest BCUT2D eigenvalue weighted by atomic mass is 16.3. The Labute approximate surface area is 94.7 Å². The Morgan fingerprint density at radius 2 is 1.87 bits per heavy atom. The molecule has 0 saturated heterocycles. The summed E-state index contributed by atoms with van der Waals surface area (Å²) in [5, 5.41) is 9.25. The standard InChI is InChI=1S/C13H27NO/c1-4-12-5-7-13(8-6-12)14(3)10-9-11(2)15/h11-13,15H,4-10H2,1-3H3. The van der Waals surface area contributed by atoms with Gasteiger partial charge in [-0.15, -0.1) is 0 Å². The zero-order valence-corrected chi connectivity index (χ0v) is 10.6. The lowest BCUT2D eigenvalue weighted by molar-refractivity contribution is 0.125. The molecule has 2 nitrogen and oxygen atoms in total. The lowest BCUT2D eigenvalue weighted by atomic mass is 9.84. The normalized spacial score (nSPS) is 29.4. The van der Waals surface area contributed by atoms with E-state index in [1.807, 2.05) is 6.92 Å². The van der Waals surface area contributed by atoms with Gasteiger partial charge in [0, 0.05) is 12.6 Å². The van der Waals surface area contributed by atoms with Crippen LogP contribution in [-0.4, -0.2) is 35.7 Å². The van der Waals surface area contributed by atoms with Crippen LogP contribution in [0.25, 0.3) is 0 Å². The molecular weight excluding hydrogens is 186 g/mol. The van der Waals surface area contributed by atoms with Gasteiger partial charge in [0.2, 0.25) is 0 Å². The van der Waals surface area contributed by atoms with Crippen LogP contribution in [0.3, 0.4) is 0 Å². The highest BCUT2D eigenvalue weighted by Gasteiger charge is 2.22. The number of nitrogens with zero attached hydrogens (tertiary/aromatic N) is 1. The third-order valence-corrected chi connectivity index (χ3v) is 3.92. The number of hydrogen-bond donors (Lipinski definition) is 1. The van der Waals surface area contributed by atoms with Crippen LogP contribution >= 0.6 is 0 Å². The van der Waals surface area contributed by atoms with Crippen LogP contribution in [0, 0.1) is 5.92 Å². The molecule has 0 bridgehead atoms. The Morgan fingerprint density at radius 1 is 1.27 bits per heavy atom. The molecule has 0 aromatic carbocycles. The highest BCUT2D eigenvalue weighted by Crippen LogP contribution is 2.28. The van der Waals surface area contributed by atoms with Crippen LogP contribution in [0.15, 0.2) is 0 Å². The van der Waals surface area contributed by atoms with Gasteiger partial charge in [0.25, 0.3) is 0 Å². The molecule has 1 atom stereocenters. The molecule has 1 fully saturated rings. The van der Waals surface area contributed by atoms with Crippen molar-refractivity contribution in [3.05, 3.63) is 0 Å². The molecule has 0 amide bonds. The third-order valence-electron chi connectivity index (χ3n) is 3.92. The van der Waals surface area contributed by atoms with Gasteiger partial charge in [0.05, 0.1) is 6.10 Å². The molecule has 1 rings (SSSR count). The average molecular weight is 213 g/mol. The minimum absolute atomic E-state index is 0.153. The van der Waals surface area contributed by atoms with Gasteiger partial charge in [-0.3, -0.25) is 0 Å². The van der Waals surface area contributed by atoms with Crippen molar-refractivity contribution in [3.8, 4) is 0 Å². The van der Waals surface area contributed by atoms with Gasteiger partial charge in [0.15, 0.2) is 0 Å². The fourth-order valence-electron chi connectivity index (χ4n) is 2.57. The quantitative estimate of drug-likeness (QED) is 0.759. The van der Waals surface area contributed by atoms with Crippen LogP contribution in [0.5, 0.6) is 0 Å². The average Bonchev–Trinajstić information content (AvgIpc) is 2.26. The molecule has 0 radical (unpaired) electrons. The Bertz CT molecular complexity index is 162. The van der Waals surface area contributed by atoms with E-state index in [9.17, 15) is 5.11 Å². The van der Waals surface area contributed by atoms with Crippen molar-refractivity contribution in [2.45, 2.75) is 64.5 Å². The first kappa shape index (κ1) is 13.0. The molecule has 1 N–H and O–H groups in total. The van der Waals surface area contributed by atoms with Crippen LogP contribution in [0.2, 0.25) is 0 Å². The third kappa shape index (κ3) is 4.52. The molecule has 0 aromatic heterocycles. The van der Waals surface area contributed by atoms with Crippen LogP contribution in [0.4, 0.5) is 0 Å². The van der Waals surface area contributed by atoms with Gasteiger partial charge in [-0.2, -0.15) is 0 Å². The number of aliphatic hydroxyl groups excluding tert-OH is 1. The summed E-state index contributed by atoms with van der Waals surface area (Å²) in [6.07, 6.45) is 7.62. The van der Waals surface area contributed by atoms with E-state index in [1.54, 1.807) is 0 Å². The summed E-state index contributed by atoms with van der Waals surface area (Å²) in [5.74, 6) is 0.978. The first-order valence-electron chi connectivity index (χ1n) is 6.51. The summed E-state index contributed by atoms with van der Waals surface area (Å²) >= 11 is 0. The molecule has 0 aliphatic heterocycles. The SMILES string of the molecule is CCC1CCC(N(C)CCC(C)O)CC1. The van der Waals surface area contributed by atoms with Crippen molar-refractivity contribution < 1.29 is 5.11 Å². The van der Waals surface area contributed by atoms with Crippen LogP contribution in [0.1, 0.15) is 52.4 Å². The summed E-state index contributed by atoms with van der Waals surface area (Å²) in [6.45, 7) is 5.23. The number of aliphatic hydroxyl groups is 1. The van der Waals surface area contributed by atoms with Gasteiger partial charge in [-0.25, -0.2) is 0 Å². The summed E-state index contributed by atoms with van der Waals surface area (Å²) in [7, 11) is 2.21. The maximum absolute atomic E-state index is 9.25. The van der Waals surface area contributed by atoms with Crippen molar-refractivity contribution in [3.63, 3.8) is 0 Å². The molecule has 0 heterocycles. The fraction of sp³-hybridized carbons (Fsp3) is 1.00.